The third-order valence-electron chi connectivity index (χ3n) is 6.81. The number of sulfonamides is 1. The van der Waals surface area contributed by atoms with Crippen molar-refractivity contribution in [3.8, 4) is 17.3 Å². The van der Waals surface area contributed by atoms with Crippen LogP contribution in [-0.2, 0) is 10.0 Å². The number of hydrogen-bond donors (Lipinski definition) is 3. The van der Waals surface area contributed by atoms with Crippen molar-refractivity contribution in [1.29, 1.82) is 0 Å². The van der Waals surface area contributed by atoms with Gasteiger partial charge in [0.25, 0.3) is 10.0 Å². The minimum atomic E-state index is -4.17. The zero-order valence-electron chi connectivity index (χ0n) is 23.2. The monoisotopic (exact) mass is 615 g/mol. The van der Waals surface area contributed by atoms with Crippen molar-refractivity contribution in [1.82, 2.24) is 24.7 Å². The number of ether oxygens (including phenoxy) is 1. The highest BCUT2D eigenvalue weighted by atomic mass is 32.2. The molecule has 44 heavy (non-hydrogen) atoms. The maximum Gasteiger partial charge on any atom is 0.279 e. The van der Waals surface area contributed by atoms with Crippen LogP contribution < -0.4 is 15.2 Å². The fourth-order valence-electron chi connectivity index (χ4n) is 4.57. The van der Waals surface area contributed by atoms with Crippen LogP contribution in [0.15, 0.2) is 84.1 Å². The summed E-state index contributed by atoms with van der Waals surface area (Å²) in [5.41, 5.74) is 9.07. The first-order valence-corrected chi connectivity index (χ1v) is 14.5. The van der Waals surface area contributed by atoms with Crippen LogP contribution in [0.25, 0.3) is 16.6 Å². The maximum atomic E-state index is 14.0. The molecule has 0 radical (unpaired) electrons. The van der Waals surface area contributed by atoms with Crippen LogP contribution >= 0.6 is 0 Å². The Morgan fingerprint density at radius 1 is 1.00 bits per heavy atom. The number of nitrogens with one attached hydrogen (secondary N) is 2. The highest BCUT2D eigenvalue weighted by Crippen LogP contribution is 2.29. The molecule has 4 heterocycles. The number of H-pyrrole nitrogens is 1. The molecule has 0 aliphatic carbocycles. The second-order valence-corrected chi connectivity index (χ2v) is 11.5. The molecule has 0 fully saturated rings. The molecule has 0 atom stereocenters. The molecule has 6 rings (SSSR count). The third-order valence-corrected chi connectivity index (χ3v) is 8.07. The molecule has 0 amide bonds. The summed E-state index contributed by atoms with van der Waals surface area (Å²) in [6.07, 6.45) is 2.79. The number of hydrogen-bond acceptors (Lipinski definition) is 8. The Bertz CT molecular complexity index is 2200. The van der Waals surface area contributed by atoms with Gasteiger partial charge in [-0.05, 0) is 67.4 Å². The predicted octanol–water partition coefficient (Wildman–Crippen LogP) is 5.44. The third kappa shape index (κ3) is 5.33. The van der Waals surface area contributed by atoms with Crippen LogP contribution in [0.3, 0.4) is 0 Å². The number of ketones is 1. The van der Waals surface area contributed by atoms with Crippen molar-refractivity contribution in [2.24, 2.45) is 0 Å². The van der Waals surface area contributed by atoms with Gasteiger partial charge in [-0.1, -0.05) is 18.2 Å². The number of carbonyl (C=O) groups excluding carboxylic acids is 1. The lowest BCUT2D eigenvalue weighted by molar-refractivity contribution is 0.103. The Balaban J connectivity index is 1.26. The van der Waals surface area contributed by atoms with Gasteiger partial charge in [0.1, 0.15) is 5.82 Å². The van der Waals surface area contributed by atoms with E-state index < -0.39 is 32.6 Å². The van der Waals surface area contributed by atoms with E-state index in [1.54, 1.807) is 44.2 Å². The molecule has 14 heteroatoms. The van der Waals surface area contributed by atoms with Gasteiger partial charge in [0, 0.05) is 17.0 Å². The van der Waals surface area contributed by atoms with Gasteiger partial charge in [-0.15, -0.1) is 0 Å². The Kier molecular flexibility index (Phi) is 7.05. The van der Waals surface area contributed by atoms with Crippen molar-refractivity contribution in [3.63, 3.8) is 0 Å². The molecule has 4 aromatic heterocycles. The molecule has 4 N–H and O–H groups in total. The smallest absolute Gasteiger partial charge is 0.279 e. The van der Waals surface area contributed by atoms with E-state index in [0.29, 0.717) is 27.7 Å². The maximum absolute atomic E-state index is 14.0. The minimum Gasteiger partial charge on any atom is -0.436 e. The van der Waals surface area contributed by atoms with E-state index >= 15 is 0 Å². The number of benzene rings is 2. The lowest BCUT2D eigenvalue weighted by atomic mass is 10.1. The minimum absolute atomic E-state index is 0.0280. The summed E-state index contributed by atoms with van der Waals surface area (Å²) >= 11 is 0. The standard InChI is InChI=1S/C30H23F2N7O4S/c1-16-10-18-12-23(36-22(18)13-21(16)38-44(41,42)28-9-5-8-26(32)37-28)29(40)19-14-35-39(30(19)33)24-15-34-27(11-17(24)2)43-25-7-4-3-6-20(25)31/h3-15,36,38H,33H2,1-2H3. The van der Waals surface area contributed by atoms with Gasteiger partial charge >= 0.3 is 0 Å². The number of aromatic amines is 1. The molecule has 222 valence electrons. The average Bonchev–Trinajstić information content (AvgIpc) is 3.57. The van der Waals surface area contributed by atoms with Gasteiger partial charge < -0.3 is 15.5 Å². The van der Waals surface area contributed by atoms with Crippen molar-refractivity contribution in [2.75, 3.05) is 10.5 Å². The molecule has 0 bridgehead atoms. The van der Waals surface area contributed by atoms with Crippen LogP contribution in [0.4, 0.5) is 20.3 Å². The molecule has 0 aliphatic heterocycles. The number of aryl methyl sites for hydroxylation is 2. The number of nitrogen functional groups attached to an aromatic ring is 1. The van der Waals surface area contributed by atoms with Crippen molar-refractivity contribution in [3.05, 3.63) is 113 Å². The first kappa shape index (κ1) is 28.5. The van der Waals surface area contributed by atoms with Crippen LogP contribution in [0.1, 0.15) is 27.2 Å². The van der Waals surface area contributed by atoms with Gasteiger partial charge in [-0.25, -0.2) is 19.0 Å². The van der Waals surface area contributed by atoms with Gasteiger partial charge in [-0.2, -0.15) is 17.9 Å². The van der Waals surface area contributed by atoms with E-state index in [1.165, 1.54) is 47.4 Å². The summed E-state index contributed by atoms with van der Waals surface area (Å²) in [7, 11) is -4.17. The van der Waals surface area contributed by atoms with Crippen LogP contribution in [0, 0.1) is 25.6 Å². The number of para-hydroxylation sites is 1. The zero-order chi connectivity index (χ0) is 31.2. The predicted molar refractivity (Wildman–Crippen MR) is 158 cm³/mol. The van der Waals surface area contributed by atoms with E-state index in [4.69, 9.17) is 10.5 Å². The van der Waals surface area contributed by atoms with E-state index in [9.17, 15) is 22.0 Å². The number of rotatable bonds is 8. The number of nitrogens with two attached hydrogens (primary N) is 1. The summed E-state index contributed by atoms with van der Waals surface area (Å²) in [5.74, 6) is -1.64. The van der Waals surface area contributed by atoms with Crippen LogP contribution in [0.2, 0.25) is 0 Å². The highest BCUT2D eigenvalue weighted by molar-refractivity contribution is 7.92. The van der Waals surface area contributed by atoms with E-state index in [-0.39, 0.29) is 34.4 Å². The number of halogens is 2. The summed E-state index contributed by atoms with van der Waals surface area (Å²) < 4.78 is 62.4. The first-order valence-electron chi connectivity index (χ1n) is 13.1. The highest BCUT2D eigenvalue weighted by Gasteiger charge is 2.22. The second kappa shape index (κ2) is 10.9. The topological polar surface area (TPSA) is 158 Å². The molecule has 2 aromatic carbocycles. The summed E-state index contributed by atoms with van der Waals surface area (Å²) in [6, 6.07) is 15.9. The van der Waals surface area contributed by atoms with Crippen LogP contribution in [-0.4, -0.2) is 38.9 Å². The summed E-state index contributed by atoms with van der Waals surface area (Å²) in [6.45, 7) is 3.46. The van der Waals surface area contributed by atoms with Crippen LogP contribution in [0.5, 0.6) is 11.6 Å². The van der Waals surface area contributed by atoms with Gasteiger partial charge in [0.2, 0.25) is 17.6 Å². The fourth-order valence-corrected chi connectivity index (χ4v) is 5.65. The Morgan fingerprint density at radius 3 is 2.55 bits per heavy atom. The molecule has 0 spiro atoms. The lowest BCUT2D eigenvalue weighted by Crippen LogP contribution is -2.15. The molecular formula is C30H23F2N7O4S. The second-order valence-electron chi connectivity index (χ2n) is 9.87. The Hall–Kier alpha value is -5.63. The largest absolute Gasteiger partial charge is 0.436 e. The average molecular weight is 616 g/mol. The molecule has 0 saturated carbocycles. The SMILES string of the molecule is Cc1cc2cc(C(=O)c3cnn(-c4cnc(Oc5ccccc5F)cc4C)c3N)[nH]c2cc1NS(=O)(=O)c1cccc(F)n1. The van der Waals surface area contributed by atoms with E-state index in [2.05, 4.69) is 24.8 Å². The number of fused-ring (bicyclic) bond motifs is 1. The number of pyridine rings is 2. The first-order chi connectivity index (χ1) is 21.0. The number of aromatic nitrogens is 5. The Labute approximate surface area is 249 Å². The van der Waals surface area contributed by atoms with Crippen molar-refractivity contribution in [2.45, 2.75) is 18.9 Å². The van der Waals surface area contributed by atoms with Crippen molar-refractivity contribution < 1.29 is 26.7 Å². The molecular weight excluding hydrogens is 592 g/mol. The summed E-state index contributed by atoms with van der Waals surface area (Å²) in [5, 5.41) is 4.46. The number of nitrogens with zero attached hydrogens (tertiary/aromatic N) is 4. The Morgan fingerprint density at radius 2 is 1.80 bits per heavy atom. The number of carbonyl (C=O) groups is 1. The fraction of sp³-hybridized carbons (Fsp3) is 0.0667. The summed E-state index contributed by atoms with van der Waals surface area (Å²) in [4.78, 5) is 24.2. The zero-order valence-corrected chi connectivity index (χ0v) is 24.0. The van der Waals surface area contributed by atoms with Gasteiger partial charge in [-0.3, -0.25) is 9.52 Å². The number of anilines is 2. The molecule has 0 aliphatic rings. The van der Waals surface area contributed by atoms with Gasteiger partial charge in [0.05, 0.1) is 35.0 Å². The van der Waals surface area contributed by atoms with Crippen molar-refractivity contribution >= 4 is 38.2 Å². The quantitative estimate of drug-likeness (QED) is 0.151. The van der Waals surface area contributed by atoms with E-state index in [0.717, 1.165) is 6.07 Å². The molecule has 0 unspecified atom stereocenters. The normalized spacial score (nSPS) is 11.5. The molecule has 11 nitrogen and oxygen atoms in total. The van der Waals surface area contributed by atoms with E-state index in [1.807, 2.05) is 0 Å². The molecule has 6 aromatic rings. The lowest BCUT2D eigenvalue weighted by Gasteiger charge is -2.11. The molecule has 0 saturated heterocycles. The van der Waals surface area contributed by atoms with Gasteiger partial charge in [0.15, 0.2) is 16.6 Å².